The Labute approximate surface area is 172 Å². The van der Waals surface area contributed by atoms with Gasteiger partial charge in [0.2, 0.25) is 0 Å². The maximum absolute atomic E-state index is 12.2. The van der Waals surface area contributed by atoms with E-state index in [0.29, 0.717) is 0 Å². The third kappa shape index (κ3) is 9.70. The number of rotatable bonds is 12. The molecule has 2 N–H and O–H groups in total. The van der Waals surface area contributed by atoms with E-state index in [-0.39, 0.29) is 12.2 Å². The smallest absolute Gasteiger partial charge is 0.415 e. The predicted octanol–water partition coefficient (Wildman–Crippen LogP) is 5.19. The molecule has 28 heavy (non-hydrogen) atoms. The van der Waals surface area contributed by atoms with Gasteiger partial charge in [-0.15, -0.1) is 0 Å². The molecule has 1 heterocycles. The number of carbonyl (C=O) groups is 1. The Morgan fingerprint density at radius 2 is 1.64 bits per heavy atom. The molecule has 1 saturated heterocycles. The second-order valence-corrected chi connectivity index (χ2v) is 8.37. The number of hydrogen-bond acceptors (Lipinski definition) is 3. The lowest BCUT2D eigenvalue weighted by Gasteiger charge is -2.28. The van der Waals surface area contributed by atoms with Gasteiger partial charge in [0.05, 0.1) is 0 Å². The van der Waals surface area contributed by atoms with Gasteiger partial charge in [-0.05, 0) is 63.4 Å². The third-order valence-electron chi connectivity index (χ3n) is 5.61. The normalized spacial score (nSPS) is 16.1. The van der Waals surface area contributed by atoms with Crippen molar-refractivity contribution < 1.29 is 14.8 Å². The highest BCUT2D eigenvalue weighted by molar-refractivity contribution is 5.59. The maximum atomic E-state index is 12.2. The highest BCUT2D eigenvalue weighted by atomic mass is 16.6. The van der Waals surface area contributed by atoms with Crippen LogP contribution in [0.1, 0.15) is 83.6 Å². The third-order valence-corrected chi connectivity index (χ3v) is 5.61. The van der Waals surface area contributed by atoms with Gasteiger partial charge in [0, 0.05) is 6.54 Å². The van der Waals surface area contributed by atoms with E-state index in [1.54, 1.807) is 5.32 Å². The number of piperidine rings is 1. The molecule has 0 aromatic heterocycles. The summed E-state index contributed by atoms with van der Waals surface area (Å²) in [5.41, 5.74) is 2.29. The Morgan fingerprint density at radius 3 is 2.32 bits per heavy atom. The number of benzene rings is 1. The zero-order valence-electron chi connectivity index (χ0n) is 18.1. The molecular formula is C24H41N2O2+. The molecule has 0 aliphatic carbocycles. The van der Waals surface area contributed by atoms with Gasteiger partial charge < -0.3 is 4.74 Å². The van der Waals surface area contributed by atoms with Crippen LogP contribution in [-0.2, 0) is 11.2 Å². The zero-order chi connectivity index (χ0) is 20.0. The number of quaternary nitrogens is 1. The fourth-order valence-corrected chi connectivity index (χ4v) is 3.98. The van der Waals surface area contributed by atoms with Crippen molar-refractivity contribution in [3.63, 3.8) is 0 Å². The van der Waals surface area contributed by atoms with Gasteiger partial charge in [0.15, 0.2) is 0 Å². The highest BCUT2D eigenvalue weighted by Crippen LogP contribution is 2.12. The summed E-state index contributed by atoms with van der Waals surface area (Å²) in [5, 5.41) is 1.62. The van der Waals surface area contributed by atoms with Crippen LogP contribution in [0.5, 0.6) is 0 Å². The van der Waals surface area contributed by atoms with Crippen molar-refractivity contribution in [3.8, 4) is 0 Å². The Morgan fingerprint density at radius 1 is 1.00 bits per heavy atom. The van der Waals surface area contributed by atoms with Crippen LogP contribution in [0.3, 0.4) is 0 Å². The van der Waals surface area contributed by atoms with Crippen LogP contribution < -0.4 is 5.32 Å². The number of primary amides is 1. The fraction of sp³-hybridized carbons (Fsp3) is 0.708. The second-order valence-electron chi connectivity index (χ2n) is 8.37. The minimum absolute atomic E-state index is 0.0570. The SMILES string of the molecule is CCCCCCCCCc1ccc([NH2+]C(=O)O[C@@H](C)CN2CCCCC2)cc1. The Bertz CT molecular complexity index is 538. The van der Waals surface area contributed by atoms with Crippen LogP contribution in [0.2, 0.25) is 0 Å². The summed E-state index contributed by atoms with van der Waals surface area (Å²) in [6, 6.07) is 8.36. The van der Waals surface area contributed by atoms with Crippen molar-refractivity contribution in [1.82, 2.24) is 4.90 Å². The minimum Gasteiger partial charge on any atom is -0.415 e. The lowest BCUT2D eigenvalue weighted by Crippen LogP contribution is -2.82. The molecule has 0 saturated carbocycles. The second kappa shape index (κ2) is 13.7. The summed E-state index contributed by atoms with van der Waals surface area (Å²) in [6.45, 7) is 7.36. The summed E-state index contributed by atoms with van der Waals surface area (Å²) in [4.78, 5) is 14.6. The molecule has 2 rings (SSSR count). The molecule has 4 nitrogen and oxygen atoms in total. The van der Waals surface area contributed by atoms with E-state index in [1.807, 2.05) is 19.1 Å². The van der Waals surface area contributed by atoms with E-state index in [2.05, 4.69) is 24.0 Å². The van der Waals surface area contributed by atoms with Gasteiger partial charge in [-0.1, -0.05) is 64.0 Å². The molecule has 1 atom stereocenters. The van der Waals surface area contributed by atoms with Crippen molar-refractivity contribution in [2.45, 2.75) is 90.6 Å². The van der Waals surface area contributed by atoms with Crippen LogP contribution >= 0.6 is 0 Å². The number of aryl methyl sites for hydroxylation is 1. The van der Waals surface area contributed by atoms with Gasteiger partial charge in [-0.25, -0.2) is 5.32 Å². The van der Waals surface area contributed by atoms with Gasteiger partial charge >= 0.3 is 6.09 Å². The quantitative estimate of drug-likeness (QED) is 0.395. The molecule has 158 valence electrons. The molecule has 0 radical (unpaired) electrons. The molecule has 1 aliphatic heterocycles. The van der Waals surface area contributed by atoms with Crippen LogP contribution in [-0.4, -0.2) is 36.7 Å². The largest absolute Gasteiger partial charge is 0.518 e. The first-order chi connectivity index (χ1) is 13.7. The van der Waals surface area contributed by atoms with E-state index < -0.39 is 0 Å². The Balaban J connectivity index is 1.60. The summed E-state index contributed by atoms with van der Waals surface area (Å²) in [7, 11) is 0. The van der Waals surface area contributed by atoms with Crippen molar-refractivity contribution in [3.05, 3.63) is 29.8 Å². The lowest BCUT2D eigenvalue weighted by molar-refractivity contribution is -0.484. The first-order valence-corrected chi connectivity index (χ1v) is 11.5. The number of carbonyl (C=O) groups excluding carboxylic acids is 1. The van der Waals surface area contributed by atoms with E-state index in [0.717, 1.165) is 31.7 Å². The fourth-order valence-electron chi connectivity index (χ4n) is 3.98. The van der Waals surface area contributed by atoms with E-state index in [1.165, 1.54) is 69.8 Å². The van der Waals surface area contributed by atoms with Gasteiger partial charge in [-0.3, -0.25) is 4.90 Å². The summed E-state index contributed by atoms with van der Waals surface area (Å²) >= 11 is 0. The summed E-state index contributed by atoms with van der Waals surface area (Å²) in [5.74, 6) is 0. The van der Waals surface area contributed by atoms with Crippen molar-refractivity contribution in [2.24, 2.45) is 0 Å². The molecular weight excluding hydrogens is 348 g/mol. The van der Waals surface area contributed by atoms with Crippen LogP contribution in [0, 0.1) is 0 Å². The number of unbranched alkanes of at least 4 members (excludes halogenated alkanes) is 6. The molecule has 1 aromatic carbocycles. The van der Waals surface area contributed by atoms with Gasteiger partial charge in [-0.2, -0.15) is 4.79 Å². The molecule has 0 spiro atoms. The molecule has 1 aromatic rings. The van der Waals surface area contributed by atoms with E-state index in [9.17, 15) is 4.79 Å². The zero-order valence-corrected chi connectivity index (χ0v) is 18.1. The van der Waals surface area contributed by atoms with Crippen LogP contribution in [0.15, 0.2) is 24.3 Å². The van der Waals surface area contributed by atoms with Crippen molar-refractivity contribution in [1.29, 1.82) is 0 Å². The minimum atomic E-state index is -0.232. The lowest BCUT2D eigenvalue weighted by atomic mass is 10.0. The number of hydrogen-bond donors (Lipinski definition) is 1. The molecule has 1 amide bonds. The number of likely N-dealkylation sites (tertiary alicyclic amines) is 1. The topological polar surface area (TPSA) is 46.1 Å². The number of nitrogens with two attached hydrogens (primary N) is 1. The predicted molar refractivity (Wildman–Crippen MR) is 116 cm³/mol. The van der Waals surface area contributed by atoms with Gasteiger partial charge in [0.25, 0.3) is 0 Å². The Hall–Kier alpha value is -1.39. The first kappa shape index (κ1) is 22.9. The summed E-state index contributed by atoms with van der Waals surface area (Å²) in [6.07, 6.45) is 14.1. The average Bonchev–Trinajstić information content (AvgIpc) is 2.69. The monoisotopic (exact) mass is 389 g/mol. The standard InChI is InChI=1S/C24H40N2O2/c1-3-4-5-6-7-8-10-13-22-14-16-23(17-15-22)25-24(27)28-21(2)20-26-18-11-9-12-19-26/h14-17,21H,3-13,18-20H2,1-2H3,(H,25,27)/p+1/t21-/m0/s1. The number of amides is 1. The van der Waals surface area contributed by atoms with Crippen LogP contribution in [0.4, 0.5) is 10.5 Å². The first-order valence-electron chi connectivity index (χ1n) is 11.5. The number of ether oxygens (including phenoxy) is 1. The molecule has 1 fully saturated rings. The molecule has 1 aliphatic rings. The molecule has 4 heteroatoms. The van der Waals surface area contributed by atoms with Crippen molar-refractivity contribution >= 4 is 11.8 Å². The van der Waals surface area contributed by atoms with E-state index >= 15 is 0 Å². The van der Waals surface area contributed by atoms with Crippen LogP contribution in [0.25, 0.3) is 0 Å². The highest BCUT2D eigenvalue weighted by Gasteiger charge is 2.18. The van der Waals surface area contributed by atoms with E-state index in [4.69, 9.17) is 4.74 Å². The Kier molecular flexibility index (Phi) is 11.2. The summed E-state index contributed by atoms with van der Waals surface area (Å²) < 4.78 is 5.57. The molecule has 0 unspecified atom stereocenters. The van der Waals surface area contributed by atoms with Gasteiger partial charge in [0.1, 0.15) is 11.8 Å². The number of nitrogens with zero attached hydrogens (tertiary/aromatic N) is 1. The van der Waals surface area contributed by atoms with Crippen molar-refractivity contribution in [2.75, 3.05) is 19.6 Å². The maximum Gasteiger partial charge on any atom is 0.518 e. The average molecular weight is 390 g/mol. The molecule has 0 bridgehead atoms.